The first-order chi connectivity index (χ1) is 23.0. The average Bonchev–Trinajstić information content (AvgIpc) is 3.29. The Morgan fingerprint density at radius 2 is 2.14 bits per heavy atom. The Bertz CT molecular complexity index is 1890. The first-order valence-electron chi connectivity index (χ1n) is 17.7. The van der Waals surface area contributed by atoms with Crippen molar-refractivity contribution < 1.29 is 49.4 Å². The van der Waals surface area contributed by atoms with E-state index in [2.05, 4.69) is 30.3 Å². The molecule has 6 atom stereocenters. The molecule has 2 aliphatic carbocycles. The summed E-state index contributed by atoms with van der Waals surface area (Å²) < 4.78 is 157. The molecule has 2 saturated carbocycles. The van der Waals surface area contributed by atoms with Crippen molar-refractivity contribution in [3.63, 3.8) is 0 Å². The predicted octanol–water partition coefficient (Wildman–Crippen LogP) is 2.01. The summed E-state index contributed by atoms with van der Waals surface area (Å²) in [4.78, 5) is 8.24. The molecule has 1 aromatic carbocycles. The molecule has 36 heavy (non-hydrogen) atoms. The maximum Gasteiger partial charge on any atom is 0.191 e. The van der Waals surface area contributed by atoms with Gasteiger partial charge in [0.15, 0.2) is 33.8 Å². The lowest BCUT2D eigenvalue weighted by molar-refractivity contribution is -0.0629. The van der Waals surface area contributed by atoms with Gasteiger partial charge in [0, 0.05) is 32.3 Å². The quantitative estimate of drug-likeness (QED) is 0.224. The van der Waals surface area contributed by atoms with Crippen LogP contribution in [0.4, 0.5) is 14.6 Å². The number of nitrogens with zero attached hydrogens (tertiary/aromatic N) is 5. The number of nitrogens with one attached hydrogen (secondary N) is 1. The SMILES string of the molecule is [2H]c1c([2H])c(C2[C@@H](Nc3nc(SCC([2H])([2H])C)nc4c3nnn4[C@]3([2H])C([2H])([2H])[C@]([2H])(OC([2H])([2H])CO)[C@@]([2H])(O)[C@@]3([2H])O)C2([2H])[2H])c([2H])c(F)c1F. The van der Waals surface area contributed by atoms with Crippen LogP contribution in [0.3, 0.4) is 0 Å². The van der Waals surface area contributed by atoms with Crippen LogP contribution in [-0.4, -0.2) is 83.5 Å². The Morgan fingerprint density at radius 3 is 2.92 bits per heavy atom. The molecule has 2 aliphatic rings. The lowest BCUT2D eigenvalue weighted by Crippen LogP contribution is -2.33. The Labute approximate surface area is 231 Å². The van der Waals surface area contributed by atoms with E-state index in [0.717, 1.165) is 0 Å². The van der Waals surface area contributed by atoms with Crippen molar-refractivity contribution in [1.29, 1.82) is 0 Å². The molecule has 0 saturated heterocycles. The molecule has 10 nitrogen and oxygen atoms in total. The third-order valence-electron chi connectivity index (χ3n) is 4.90. The first-order valence-corrected chi connectivity index (χ1v) is 11.2. The van der Waals surface area contributed by atoms with Gasteiger partial charge in [0.2, 0.25) is 0 Å². The van der Waals surface area contributed by atoms with Crippen LogP contribution in [0.5, 0.6) is 0 Å². The smallest absolute Gasteiger partial charge is 0.191 e. The summed E-state index contributed by atoms with van der Waals surface area (Å²) in [7, 11) is 0. The number of halogens is 2. The maximum absolute atomic E-state index is 14.4. The van der Waals surface area contributed by atoms with Gasteiger partial charge in [-0.2, -0.15) is 0 Å². The molecule has 0 aliphatic heterocycles. The fraction of sp³-hybridized carbons (Fsp3) is 0.565. The normalized spacial score (nSPS) is 45.4. The molecule has 194 valence electrons. The standard InChI is InChI=1S/C23H28F2N6O4S/c1-2-7-36-23-27-21(26-15-9-12(15)11-3-4-13(24)14(25)8-11)18-22(28-23)31(30-29-18)16-10-17(35-6-5-32)20(34)19(16)33/h3-4,8,12,15-17,19-20,32-34H,2,5-7,9-10H2,1H3,(H,26,27,28)/t12?,15-,16+,17-,19-,20+/m0/s1/i2D2,3D,4D,6D2,8D,9D2,10D2,16D,17D,19D,20D. The number of aliphatic hydroxyl groups is 3. The number of aliphatic hydroxyl groups excluding tert-OH is 1. The van der Waals surface area contributed by atoms with E-state index in [1.807, 2.05) is 0 Å². The molecule has 1 unspecified atom stereocenters. The molecule has 0 amide bonds. The van der Waals surface area contributed by atoms with Gasteiger partial charge in [0.05, 0.1) is 37.6 Å². The Hall–Kier alpha value is -2.45. The topological polar surface area (TPSA) is 138 Å². The zero-order valence-corrected chi connectivity index (χ0v) is 19.0. The van der Waals surface area contributed by atoms with E-state index >= 15 is 0 Å². The number of rotatable bonds is 10. The zero-order chi connectivity index (χ0) is 38.9. The van der Waals surface area contributed by atoms with Gasteiger partial charge < -0.3 is 25.4 Å². The average molecular weight is 538 g/mol. The molecule has 13 heteroatoms. The van der Waals surface area contributed by atoms with Crippen LogP contribution >= 0.6 is 11.8 Å². The van der Waals surface area contributed by atoms with E-state index in [9.17, 15) is 24.1 Å². The lowest BCUT2D eigenvalue weighted by atomic mass is 10.1. The summed E-state index contributed by atoms with van der Waals surface area (Å²) in [6.45, 7) is -3.75. The van der Waals surface area contributed by atoms with Crippen LogP contribution in [0, 0.1) is 11.6 Å². The number of hydrogen-bond donors (Lipinski definition) is 4. The van der Waals surface area contributed by atoms with E-state index in [1.54, 1.807) is 0 Å². The van der Waals surface area contributed by atoms with E-state index < -0.39 is 126 Å². The number of anilines is 1. The minimum Gasteiger partial charge on any atom is -0.394 e. The van der Waals surface area contributed by atoms with E-state index in [4.69, 9.17) is 20.6 Å². The number of ether oxygens (including phenoxy) is 1. The van der Waals surface area contributed by atoms with Gasteiger partial charge in [-0.15, -0.1) is 5.10 Å². The van der Waals surface area contributed by atoms with E-state index in [-0.39, 0.29) is 10.4 Å². The van der Waals surface area contributed by atoms with Gasteiger partial charge in [-0.25, -0.2) is 23.4 Å². The van der Waals surface area contributed by atoms with Gasteiger partial charge in [-0.05, 0) is 30.4 Å². The Balaban J connectivity index is 1.70. The summed E-state index contributed by atoms with van der Waals surface area (Å²) in [5, 5.41) is 41.1. The van der Waals surface area contributed by atoms with Crippen molar-refractivity contribution in [2.24, 2.45) is 0 Å². The minimum atomic E-state index is -4.23. The van der Waals surface area contributed by atoms with Gasteiger partial charge in [0.1, 0.15) is 12.2 Å². The number of thioether (sulfide) groups is 1. The molecule has 0 bridgehead atoms. The van der Waals surface area contributed by atoms with Crippen molar-refractivity contribution in [3.8, 4) is 0 Å². The predicted molar refractivity (Wildman–Crippen MR) is 128 cm³/mol. The summed E-state index contributed by atoms with van der Waals surface area (Å²) in [6, 6.07) is -8.81. The molecule has 3 aromatic rings. The van der Waals surface area contributed by atoms with Crippen LogP contribution < -0.4 is 5.32 Å². The molecule has 2 fully saturated rings. The van der Waals surface area contributed by atoms with Crippen molar-refractivity contribution in [2.75, 3.05) is 24.2 Å². The molecular formula is C23H28F2N6O4S. The van der Waals surface area contributed by atoms with Crippen LogP contribution in [0.1, 0.15) is 64.1 Å². The zero-order valence-electron chi connectivity index (χ0n) is 33.2. The van der Waals surface area contributed by atoms with E-state index in [1.165, 1.54) is 6.92 Å². The molecular weight excluding hydrogens is 494 g/mol. The fourth-order valence-corrected chi connectivity index (χ4v) is 3.80. The molecule has 5 rings (SSSR count). The highest BCUT2D eigenvalue weighted by Crippen LogP contribution is 2.44. The van der Waals surface area contributed by atoms with Crippen molar-refractivity contribution in [2.45, 2.75) is 67.4 Å². The monoisotopic (exact) mass is 537 g/mol. The minimum absolute atomic E-state index is 0.0606. The molecule has 0 spiro atoms. The Morgan fingerprint density at radius 1 is 1.31 bits per heavy atom. The summed E-state index contributed by atoms with van der Waals surface area (Å²) in [5.74, 6) is -6.04. The van der Waals surface area contributed by atoms with Crippen molar-refractivity contribution >= 4 is 28.7 Å². The van der Waals surface area contributed by atoms with Gasteiger partial charge in [0.25, 0.3) is 0 Å². The molecule has 4 N–H and O–H groups in total. The second-order valence-corrected chi connectivity index (χ2v) is 8.20. The number of benzene rings is 1. The van der Waals surface area contributed by atoms with Crippen LogP contribution in [-0.2, 0) is 4.74 Å². The van der Waals surface area contributed by atoms with Crippen molar-refractivity contribution in [1.82, 2.24) is 25.0 Å². The second kappa shape index (κ2) is 10.5. The fourth-order valence-electron chi connectivity index (χ4n) is 3.22. The third-order valence-corrected chi connectivity index (χ3v) is 5.78. The highest BCUT2D eigenvalue weighted by molar-refractivity contribution is 7.99. The Kier molecular flexibility index (Phi) is 3.75. The third kappa shape index (κ3) is 4.90. The van der Waals surface area contributed by atoms with Crippen LogP contribution in [0.15, 0.2) is 23.3 Å². The second-order valence-electron chi connectivity index (χ2n) is 7.26. The first kappa shape index (κ1) is 12.9. The summed E-state index contributed by atoms with van der Waals surface area (Å²) in [6.07, 6.45) is -20.8. The summed E-state index contributed by atoms with van der Waals surface area (Å²) in [5.41, 5.74) is -2.07. The lowest BCUT2D eigenvalue weighted by Gasteiger charge is -2.17. The number of hydrogen-bond acceptors (Lipinski definition) is 10. The van der Waals surface area contributed by atoms with Gasteiger partial charge in [-0.3, -0.25) is 0 Å². The number of fused-ring (bicyclic) bond motifs is 1. The molecule has 0 radical (unpaired) electrons. The molecule has 2 heterocycles. The highest BCUT2D eigenvalue weighted by atomic mass is 32.2. The largest absolute Gasteiger partial charge is 0.394 e. The van der Waals surface area contributed by atoms with Crippen LogP contribution in [0.2, 0.25) is 0 Å². The number of aromatic nitrogens is 5. The molecule has 2 aromatic heterocycles. The maximum atomic E-state index is 14.4. The van der Waals surface area contributed by atoms with Gasteiger partial charge in [-0.1, -0.05) is 29.9 Å². The highest BCUT2D eigenvalue weighted by Gasteiger charge is 2.45. The van der Waals surface area contributed by atoms with Crippen molar-refractivity contribution in [3.05, 3.63) is 35.3 Å². The van der Waals surface area contributed by atoms with E-state index in [0.29, 0.717) is 11.8 Å². The summed E-state index contributed by atoms with van der Waals surface area (Å²) >= 11 is 0.609. The van der Waals surface area contributed by atoms with Gasteiger partial charge >= 0.3 is 0 Å². The van der Waals surface area contributed by atoms with Crippen LogP contribution in [0.25, 0.3) is 11.2 Å².